The van der Waals surface area contributed by atoms with Crippen molar-refractivity contribution in [2.75, 3.05) is 20.0 Å². The van der Waals surface area contributed by atoms with E-state index < -0.39 is 7.26 Å². The summed E-state index contributed by atoms with van der Waals surface area (Å²) < 4.78 is 0. The zero-order valence-corrected chi connectivity index (χ0v) is 10.7. The van der Waals surface area contributed by atoms with E-state index in [4.69, 9.17) is 0 Å². The Morgan fingerprint density at radius 1 is 1.00 bits per heavy atom. The molecule has 0 unspecified atom stereocenters. The summed E-state index contributed by atoms with van der Waals surface area (Å²) in [6, 6.07) is 10.8. The number of rotatable bonds is 2. The second kappa shape index (κ2) is 4.99. The van der Waals surface area contributed by atoms with Crippen LogP contribution in [0.25, 0.3) is 0 Å². The number of hydrogen-bond donors (Lipinski definition) is 0. The predicted molar refractivity (Wildman–Crippen MR) is 66.6 cm³/mol. The van der Waals surface area contributed by atoms with Gasteiger partial charge in [-0.2, -0.15) is 0 Å². The van der Waals surface area contributed by atoms with Gasteiger partial charge in [0.1, 0.15) is 0 Å². The van der Waals surface area contributed by atoms with Crippen molar-refractivity contribution in [3.63, 3.8) is 0 Å². The van der Waals surface area contributed by atoms with Gasteiger partial charge in [-0.05, 0) is 0 Å². The van der Waals surface area contributed by atoms with Crippen LogP contribution in [0.4, 0.5) is 0 Å². The summed E-state index contributed by atoms with van der Waals surface area (Å²) in [5.74, 6) is 0. The zero-order chi connectivity index (χ0) is 8.32. The van der Waals surface area contributed by atoms with Crippen LogP contribution in [0.1, 0.15) is 5.56 Å². The van der Waals surface area contributed by atoms with Gasteiger partial charge in [0.2, 0.25) is 0 Å². The Kier molecular flexibility index (Phi) is 5.04. The number of hydrogen-bond acceptors (Lipinski definition) is 0. The van der Waals surface area contributed by atoms with Gasteiger partial charge in [0.05, 0.1) is 0 Å². The van der Waals surface area contributed by atoms with Crippen LogP contribution in [0.3, 0.4) is 0 Å². The third kappa shape index (κ3) is 4.90. The fraction of sp³-hybridized carbons (Fsp3) is 0.400. The minimum atomic E-state index is -0.898. The Morgan fingerprint density at radius 3 is 1.92 bits per heavy atom. The van der Waals surface area contributed by atoms with Crippen LogP contribution >= 0.6 is 24.2 Å². The first-order valence-corrected chi connectivity index (χ1v) is 7.82. The normalized spacial score (nSPS) is 11.9. The minimum absolute atomic E-state index is 0. The molecule has 0 saturated heterocycles. The summed E-state index contributed by atoms with van der Waals surface area (Å²) in [7, 11) is -0.898. The third-order valence-corrected chi connectivity index (χ3v) is 3.05. The Morgan fingerprint density at radius 2 is 1.50 bits per heavy atom. The summed E-state index contributed by atoms with van der Waals surface area (Å²) in [4.78, 5) is 0. The van der Waals surface area contributed by atoms with Crippen molar-refractivity contribution >= 4 is 24.2 Å². The molecule has 0 aliphatic carbocycles. The van der Waals surface area contributed by atoms with E-state index in [1.807, 2.05) is 0 Å². The van der Waals surface area contributed by atoms with Gasteiger partial charge in [-0.3, -0.25) is 0 Å². The number of halogens is 1. The van der Waals surface area contributed by atoms with E-state index in [0.29, 0.717) is 0 Å². The van der Waals surface area contributed by atoms with E-state index in [0.717, 1.165) is 0 Å². The van der Waals surface area contributed by atoms with E-state index in [9.17, 15) is 0 Å². The van der Waals surface area contributed by atoms with Crippen molar-refractivity contribution in [1.29, 1.82) is 0 Å². The second-order valence-corrected chi connectivity index (χ2v) is 9.70. The van der Waals surface area contributed by atoms with Crippen LogP contribution < -0.4 is 0 Å². The van der Waals surface area contributed by atoms with Crippen LogP contribution in [0.2, 0.25) is 0 Å². The van der Waals surface area contributed by atoms with E-state index in [1.165, 1.54) is 11.7 Å². The van der Waals surface area contributed by atoms with Gasteiger partial charge in [0.25, 0.3) is 0 Å². The van der Waals surface area contributed by atoms with Gasteiger partial charge in [-0.1, -0.05) is 0 Å². The van der Waals surface area contributed by atoms with E-state index in [2.05, 4.69) is 50.3 Å². The summed E-state index contributed by atoms with van der Waals surface area (Å²) in [6.07, 6.45) is 1.30. The summed E-state index contributed by atoms with van der Waals surface area (Å²) in [5, 5.41) is 0. The van der Waals surface area contributed by atoms with Gasteiger partial charge in [-0.15, -0.1) is 17.0 Å². The molecule has 0 nitrogen and oxygen atoms in total. The molecule has 0 bridgehead atoms. The molecule has 0 amide bonds. The van der Waals surface area contributed by atoms with Crippen molar-refractivity contribution < 1.29 is 0 Å². The standard InChI is InChI=1S/C10H17P.BrH/c1-11(2,3)9-10-7-5-4-6-8-10;/h4-8,11H,9H2,1-3H3;1H. The summed E-state index contributed by atoms with van der Waals surface area (Å²) in [5.41, 5.74) is 1.49. The van der Waals surface area contributed by atoms with Crippen molar-refractivity contribution in [3.8, 4) is 0 Å². The van der Waals surface area contributed by atoms with Crippen molar-refractivity contribution in [1.82, 2.24) is 0 Å². The van der Waals surface area contributed by atoms with Crippen molar-refractivity contribution in [3.05, 3.63) is 35.9 Å². The maximum atomic E-state index is 2.40. The fourth-order valence-corrected chi connectivity index (χ4v) is 2.67. The van der Waals surface area contributed by atoms with E-state index in [-0.39, 0.29) is 17.0 Å². The van der Waals surface area contributed by atoms with Crippen LogP contribution in [0.5, 0.6) is 0 Å². The Bertz CT molecular complexity index is 213. The molecule has 0 heterocycles. The quantitative estimate of drug-likeness (QED) is 0.704. The van der Waals surface area contributed by atoms with Gasteiger partial charge >= 0.3 is 69.3 Å². The monoisotopic (exact) mass is 248 g/mol. The topological polar surface area (TPSA) is 0 Å². The first kappa shape index (κ1) is 12.1. The van der Waals surface area contributed by atoms with Crippen LogP contribution in [-0.2, 0) is 6.16 Å². The molecule has 0 fully saturated rings. The molecule has 1 aromatic carbocycles. The molecule has 0 N–H and O–H groups in total. The van der Waals surface area contributed by atoms with Gasteiger partial charge < -0.3 is 0 Å². The molecule has 0 spiro atoms. The molecule has 1 aromatic rings. The second-order valence-electron chi connectivity index (χ2n) is 4.22. The molecule has 2 heteroatoms. The molecule has 70 valence electrons. The van der Waals surface area contributed by atoms with E-state index >= 15 is 0 Å². The average molecular weight is 249 g/mol. The van der Waals surface area contributed by atoms with Gasteiger partial charge in [-0.25, -0.2) is 0 Å². The Hall–Kier alpha value is 0.130. The molecule has 12 heavy (non-hydrogen) atoms. The molecule has 0 aliphatic heterocycles. The van der Waals surface area contributed by atoms with Crippen LogP contribution in [0.15, 0.2) is 30.3 Å². The summed E-state index contributed by atoms with van der Waals surface area (Å²) >= 11 is 0. The number of benzene rings is 1. The van der Waals surface area contributed by atoms with Gasteiger partial charge in [0.15, 0.2) is 0 Å². The molecule has 0 aromatic heterocycles. The first-order valence-electron chi connectivity index (χ1n) is 4.12. The fourth-order valence-electron chi connectivity index (χ4n) is 1.21. The third-order valence-electron chi connectivity index (χ3n) is 1.58. The molecular formula is C10H18BrP. The Balaban J connectivity index is 0.00000121. The molecular weight excluding hydrogens is 231 g/mol. The summed E-state index contributed by atoms with van der Waals surface area (Å²) in [6.45, 7) is 7.21. The predicted octanol–water partition coefficient (Wildman–Crippen LogP) is 3.40. The first-order chi connectivity index (χ1) is 5.08. The maximum absolute atomic E-state index is 2.40. The van der Waals surface area contributed by atoms with Crippen molar-refractivity contribution in [2.45, 2.75) is 6.16 Å². The molecule has 0 saturated carbocycles. The molecule has 1 rings (SSSR count). The molecule has 0 aliphatic rings. The molecule has 0 atom stereocenters. The van der Waals surface area contributed by atoms with Crippen molar-refractivity contribution in [2.24, 2.45) is 0 Å². The SMILES string of the molecule is Br.C[PH](C)(C)Cc1ccccc1. The molecule has 0 radical (unpaired) electrons. The van der Waals surface area contributed by atoms with Crippen LogP contribution in [0, 0.1) is 0 Å². The average Bonchev–Trinajstić information content (AvgIpc) is 1.85. The Labute approximate surface area is 86.5 Å². The zero-order valence-electron chi connectivity index (χ0n) is 8.00. The van der Waals surface area contributed by atoms with Crippen LogP contribution in [-0.4, -0.2) is 20.0 Å². The van der Waals surface area contributed by atoms with Gasteiger partial charge in [0, 0.05) is 0 Å². The van der Waals surface area contributed by atoms with E-state index in [1.54, 1.807) is 0 Å².